The highest BCUT2D eigenvalue weighted by Gasteiger charge is 2.46. The fourth-order valence-electron chi connectivity index (χ4n) is 2.01. The third-order valence-electron chi connectivity index (χ3n) is 3.09. The number of halogens is 3. The van der Waals surface area contributed by atoms with E-state index in [0.717, 1.165) is 31.0 Å². The van der Waals surface area contributed by atoms with Gasteiger partial charge in [0.1, 0.15) is 0 Å². The van der Waals surface area contributed by atoms with Gasteiger partial charge in [0.25, 0.3) is 9.84 Å². The maximum Gasteiger partial charge on any atom is 0.501 e. The molecule has 1 saturated heterocycles. The number of carbonyl (C=O) groups is 1. The summed E-state index contributed by atoms with van der Waals surface area (Å²) in [7, 11) is -4.90. The van der Waals surface area contributed by atoms with E-state index in [9.17, 15) is 26.4 Å². The highest BCUT2D eigenvalue weighted by molar-refractivity contribution is 7.92. The molecular weight excluding hydrogens is 323 g/mol. The van der Waals surface area contributed by atoms with Gasteiger partial charge in [-0.2, -0.15) is 13.2 Å². The first kappa shape index (κ1) is 16.0. The van der Waals surface area contributed by atoms with Crippen LogP contribution in [0.2, 0.25) is 11.6 Å². The molecule has 1 fully saturated rings. The van der Waals surface area contributed by atoms with Gasteiger partial charge in [-0.25, -0.2) is 8.42 Å². The van der Waals surface area contributed by atoms with E-state index in [1.807, 2.05) is 0 Å². The monoisotopic (exact) mass is 335 g/mol. The van der Waals surface area contributed by atoms with E-state index in [-0.39, 0.29) is 17.1 Å². The molecule has 0 bridgehead atoms. The highest BCUT2D eigenvalue weighted by atomic mass is 32.2. The summed E-state index contributed by atoms with van der Waals surface area (Å²) in [6, 6.07) is 5.20. The minimum Gasteiger partial charge on any atom is -0.326 e. The van der Waals surface area contributed by atoms with Crippen molar-refractivity contribution in [3.05, 3.63) is 24.3 Å². The number of amides is 1. The van der Waals surface area contributed by atoms with Crippen LogP contribution in [0.1, 0.15) is 12.8 Å². The Labute approximate surface area is 122 Å². The molecule has 0 spiro atoms. The molecule has 0 aromatic heterocycles. The lowest BCUT2D eigenvalue weighted by atomic mass is 10.2. The molecule has 114 valence electrons. The van der Waals surface area contributed by atoms with Crippen molar-refractivity contribution in [3.8, 4) is 0 Å². The number of carbonyl (C=O) groups excluding carboxylic acids is 1. The van der Waals surface area contributed by atoms with Crippen molar-refractivity contribution in [2.24, 2.45) is 0 Å². The minimum absolute atomic E-state index is 0.0574. The minimum atomic E-state index is -5.40. The third kappa shape index (κ3) is 3.46. The summed E-state index contributed by atoms with van der Waals surface area (Å²) >= 11 is 0. The van der Waals surface area contributed by atoms with Crippen LogP contribution in [-0.2, 0) is 14.6 Å². The van der Waals surface area contributed by atoms with Crippen LogP contribution in [-0.4, -0.2) is 29.4 Å². The second-order valence-electron chi connectivity index (χ2n) is 4.62. The Morgan fingerprint density at radius 3 is 2.62 bits per heavy atom. The molecule has 1 heterocycles. The first-order valence-corrected chi connectivity index (χ1v) is 8.94. The fourth-order valence-corrected chi connectivity index (χ4v) is 4.24. The van der Waals surface area contributed by atoms with Crippen molar-refractivity contribution in [2.45, 2.75) is 34.8 Å². The van der Waals surface area contributed by atoms with Crippen LogP contribution < -0.4 is 5.32 Å². The molecule has 1 aromatic carbocycles. The molecule has 1 aliphatic rings. The van der Waals surface area contributed by atoms with E-state index in [0.29, 0.717) is 9.52 Å². The van der Waals surface area contributed by atoms with Crippen molar-refractivity contribution in [3.63, 3.8) is 0 Å². The molecule has 1 N–H and O–H groups in total. The van der Waals surface area contributed by atoms with E-state index in [1.165, 1.54) is 12.1 Å². The zero-order valence-electron chi connectivity index (χ0n) is 10.8. The Morgan fingerprint density at radius 2 is 2.05 bits per heavy atom. The Bertz CT molecular complexity index is 639. The molecule has 0 aliphatic carbocycles. The van der Waals surface area contributed by atoms with Crippen LogP contribution in [0.15, 0.2) is 29.2 Å². The lowest BCUT2D eigenvalue weighted by Gasteiger charge is -2.12. The molecule has 21 heavy (non-hydrogen) atoms. The Morgan fingerprint density at radius 1 is 1.33 bits per heavy atom. The largest absolute Gasteiger partial charge is 0.501 e. The first-order valence-electron chi connectivity index (χ1n) is 6.17. The van der Waals surface area contributed by atoms with Crippen LogP contribution in [0.25, 0.3) is 0 Å². The van der Waals surface area contributed by atoms with E-state index >= 15 is 0 Å². The summed E-state index contributed by atoms with van der Waals surface area (Å²) in [4.78, 5) is 11.0. The van der Waals surface area contributed by atoms with E-state index in [1.54, 1.807) is 0 Å². The molecule has 1 aliphatic heterocycles. The SMILES string of the molecule is O=C(Nc1cccc(S(=O)(=O)C(F)(F)F)c1)C1CCC[Si]1. The van der Waals surface area contributed by atoms with Gasteiger partial charge in [-0.15, -0.1) is 0 Å². The molecule has 2 radical (unpaired) electrons. The quantitative estimate of drug-likeness (QED) is 0.864. The molecule has 0 saturated carbocycles. The van der Waals surface area contributed by atoms with Gasteiger partial charge in [-0.3, -0.25) is 4.79 Å². The van der Waals surface area contributed by atoms with Gasteiger partial charge in [0.05, 0.1) is 14.4 Å². The number of benzene rings is 1. The molecular formula is C12H12F3NO3SSi. The zero-order chi connectivity index (χ0) is 15.7. The number of hydrogen-bond donors (Lipinski definition) is 1. The number of alkyl halides is 3. The maximum absolute atomic E-state index is 12.5. The molecule has 9 heteroatoms. The number of rotatable bonds is 3. The van der Waals surface area contributed by atoms with Crippen LogP contribution >= 0.6 is 0 Å². The molecule has 1 amide bonds. The van der Waals surface area contributed by atoms with Gasteiger partial charge in [-0.05, 0) is 24.6 Å². The van der Waals surface area contributed by atoms with Crippen molar-refractivity contribution in [1.82, 2.24) is 0 Å². The molecule has 2 rings (SSSR count). The van der Waals surface area contributed by atoms with Gasteiger partial charge in [0.2, 0.25) is 5.91 Å². The number of anilines is 1. The Hall–Kier alpha value is -1.35. The number of nitrogens with one attached hydrogen (secondary N) is 1. The standard InChI is InChI=1S/C12H12F3NO3SSi/c13-12(14,15)20(18,19)9-4-1-3-8(7-9)16-11(17)10-5-2-6-21-10/h1,3-4,7,10H,2,5-6H2,(H,16,17). The molecule has 1 aromatic rings. The van der Waals surface area contributed by atoms with Crippen LogP contribution in [0.3, 0.4) is 0 Å². The summed E-state index contributed by atoms with van der Waals surface area (Å²) in [5.74, 6) is -0.271. The summed E-state index contributed by atoms with van der Waals surface area (Å²) in [5, 5.41) is 2.48. The summed E-state index contributed by atoms with van der Waals surface area (Å²) in [6.45, 7) is 0. The highest BCUT2D eigenvalue weighted by Crippen LogP contribution is 2.31. The van der Waals surface area contributed by atoms with Gasteiger partial charge < -0.3 is 5.32 Å². The summed E-state index contributed by atoms with van der Waals surface area (Å²) in [5.41, 5.74) is -5.43. The van der Waals surface area contributed by atoms with Crippen LogP contribution in [0.5, 0.6) is 0 Å². The topological polar surface area (TPSA) is 63.2 Å². The van der Waals surface area contributed by atoms with Gasteiger partial charge in [-0.1, -0.05) is 18.5 Å². The number of sulfone groups is 1. The smallest absolute Gasteiger partial charge is 0.326 e. The van der Waals surface area contributed by atoms with E-state index < -0.39 is 20.2 Å². The second-order valence-corrected chi connectivity index (χ2v) is 8.16. The summed E-state index contributed by atoms with van der Waals surface area (Å²) < 4.78 is 60.1. The predicted octanol–water partition coefficient (Wildman–Crippen LogP) is 2.62. The van der Waals surface area contributed by atoms with Gasteiger partial charge in [0, 0.05) is 11.2 Å². The lowest BCUT2D eigenvalue weighted by Crippen LogP contribution is -2.24. The average molecular weight is 335 g/mol. The second kappa shape index (κ2) is 5.80. The summed E-state index contributed by atoms with van der Waals surface area (Å²) in [6.07, 6.45) is 1.71. The normalized spacial score (nSPS) is 19.5. The van der Waals surface area contributed by atoms with E-state index in [4.69, 9.17) is 0 Å². The fraction of sp³-hybridized carbons (Fsp3) is 0.417. The molecule has 1 unspecified atom stereocenters. The average Bonchev–Trinajstić information content (AvgIpc) is 2.91. The zero-order valence-corrected chi connectivity index (χ0v) is 12.6. The molecule has 1 atom stereocenters. The van der Waals surface area contributed by atoms with Crippen molar-refractivity contribution in [1.29, 1.82) is 0 Å². The van der Waals surface area contributed by atoms with Gasteiger partial charge >= 0.3 is 5.51 Å². The molecule has 4 nitrogen and oxygen atoms in total. The maximum atomic E-state index is 12.5. The van der Waals surface area contributed by atoms with Crippen molar-refractivity contribution < 1.29 is 26.4 Å². The first-order chi connectivity index (χ1) is 9.72. The lowest BCUT2D eigenvalue weighted by molar-refractivity contribution is -0.116. The number of hydrogen-bond acceptors (Lipinski definition) is 3. The van der Waals surface area contributed by atoms with Crippen molar-refractivity contribution in [2.75, 3.05) is 5.32 Å². The van der Waals surface area contributed by atoms with Crippen LogP contribution in [0.4, 0.5) is 18.9 Å². The predicted molar refractivity (Wildman–Crippen MR) is 71.9 cm³/mol. The van der Waals surface area contributed by atoms with Crippen molar-refractivity contribution >= 4 is 31.0 Å². The van der Waals surface area contributed by atoms with E-state index in [2.05, 4.69) is 5.32 Å². The van der Waals surface area contributed by atoms with Gasteiger partial charge in [0.15, 0.2) is 0 Å². The Balaban J connectivity index is 2.20. The Kier molecular flexibility index (Phi) is 4.42. The van der Waals surface area contributed by atoms with Crippen LogP contribution in [0, 0.1) is 0 Å². The third-order valence-corrected chi connectivity index (χ3v) is 6.26.